The molecule has 41 heavy (non-hydrogen) atoms. The van der Waals surface area contributed by atoms with Crippen LogP contribution in [0.4, 0.5) is 4.79 Å². The van der Waals surface area contributed by atoms with E-state index in [4.69, 9.17) is 4.74 Å². The van der Waals surface area contributed by atoms with Gasteiger partial charge in [0.1, 0.15) is 26.4 Å². The lowest BCUT2D eigenvalue weighted by Crippen LogP contribution is -2.43. The predicted octanol–water partition coefficient (Wildman–Crippen LogP) is 7.18. The summed E-state index contributed by atoms with van der Waals surface area (Å²) in [6.07, 6.45) is 6.92. The highest BCUT2D eigenvalue weighted by atomic mass is 31.2. The van der Waals surface area contributed by atoms with E-state index in [1.54, 1.807) is 0 Å². The van der Waals surface area contributed by atoms with Crippen LogP contribution in [-0.2, 0) is 18.7 Å². The molecule has 0 aromatic heterocycles. The van der Waals surface area contributed by atoms with Crippen LogP contribution in [0.15, 0.2) is 99.2 Å². The van der Waals surface area contributed by atoms with Crippen LogP contribution in [0.3, 0.4) is 0 Å². The van der Waals surface area contributed by atoms with E-state index in [1.807, 2.05) is 24.3 Å². The first-order chi connectivity index (χ1) is 19.7. The van der Waals surface area contributed by atoms with E-state index in [9.17, 15) is 18.7 Å². The molecule has 0 bridgehead atoms. The average molecular weight is 595 g/mol. The highest BCUT2D eigenvalue weighted by Gasteiger charge is 2.44. The molecule has 2 aromatic rings. The van der Waals surface area contributed by atoms with Crippen LogP contribution in [0.2, 0.25) is 0 Å². The summed E-state index contributed by atoms with van der Waals surface area (Å²) in [6, 6.07) is 15.7. The summed E-state index contributed by atoms with van der Waals surface area (Å²) in [5.41, 5.74) is 3.53. The van der Waals surface area contributed by atoms with Crippen LogP contribution < -0.4 is 10.6 Å². The Morgan fingerprint density at radius 2 is 1.27 bits per heavy atom. The molecule has 7 nitrogen and oxygen atoms in total. The second-order valence-corrected chi connectivity index (χ2v) is 16.8. The van der Waals surface area contributed by atoms with Crippen molar-refractivity contribution in [3.63, 3.8) is 0 Å². The van der Waals surface area contributed by atoms with Crippen molar-refractivity contribution in [3.05, 3.63) is 110 Å². The molecule has 0 spiro atoms. The molecule has 0 aliphatic heterocycles. The summed E-state index contributed by atoms with van der Waals surface area (Å²) >= 11 is 0. The van der Waals surface area contributed by atoms with Crippen molar-refractivity contribution in [1.29, 1.82) is 0 Å². The van der Waals surface area contributed by atoms with Crippen molar-refractivity contribution in [2.45, 2.75) is 24.3 Å². The van der Waals surface area contributed by atoms with Crippen LogP contribution >= 0.6 is 14.3 Å². The molecule has 0 saturated carbocycles. The monoisotopic (exact) mass is 594 g/mol. The van der Waals surface area contributed by atoms with E-state index in [2.05, 4.69) is 61.2 Å². The van der Waals surface area contributed by atoms with Gasteiger partial charge in [-0.1, -0.05) is 72.8 Å². The molecule has 0 fully saturated rings. The number of ether oxygens (including phenoxy) is 1. The standard InChI is InChI=1S/C32H40N2O5P2/c1-5-20-40(37,21-6-2)32(41(38,22-7-3)23-8-4)34-31(36)33-19-13-18-30(35)39-24-29-27-16-11-9-14-25(27)26-15-10-12-17-28(26)29/h5-12,14-17,29,32H,1-4,13,18-24H2,(H2,33,34,36). The van der Waals surface area contributed by atoms with Crippen molar-refractivity contribution in [1.82, 2.24) is 10.6 Å². The van der Waals surface area contributed by atoms with E-state index < -0.39 is 25.8 Å². The van der Waals surface area contributed by atoms with Gasteiger partial charge in [-0.3, -0.25) is 4.79 Å². The zero-order valence-corrected chi connectivity index (χ0v) is 25.3. The Labute approximate surface area is 243 Å². The molecule has 0 saturated heterocycles. The Hall–Kier alpha value is -3.40. The van der Waals surface area contributed by atoms with Gasteiger partial charge in [-0.05, 0) is 28.7 Å². The molecule has 2 amide bonds. The van der Waals surface area contributed by atoms with Crippen LogP contribution in [0.1, 0.15) is 29.9 Å². The van der Waals surface area contributed by atoms with E-state index >= 15 is 0 Å². The highest BCUT2D eigenvalue weighted by Crippen LogP contribution is 2.67. The number of carbonyl (C=O) groups is 2. The maximum absolute atomic E-state index is 13.9. The number of benzene rings is 2. The summed E-state index contributed by atoms with van der Waals surface area (Å²) in [4.78, 5) is 25.4. The Morgan fingerprint density at radius 1 is 0.805 bits per heavy atom. The lowest BCUT2D eigenvalue weighted by molar-refractivity contribution is -0.144. The lowest BCUT2D eigenvalue weighted by Gasteiger charge is -2.33. The van der Waals surface area contributed by atoms with E-state index in [1.165, 1.54) is 24.3 Å². The van der Waals surface area contributed by atoms with Gasteiger partial charge in [-0.2, -0.15) is 0 Å². The second kappa shape index (κ2) is 15.0. The fraction of sp³-hybridized carbons (Fsp3) is 0.312. The number of hydrogen-bond donors (Lipinski definition) is 2. The van der Waals surface area contributed by atoms with Gasteiger partial charge in [0.25, 0.3) is 0 Å². The molecule has 218 valence electrons. The van der Waals surface area contributed by atoms with Crippen LogP contribution in [0.25, 0.3) is 11.1 Å². The number of carbonyl (C=O) groups excluding carboxylic acids is 2. The van der Waals surface area contributed by atoms with E-state index in [-0.39, 0.29) is 56.1 Å². The fourth-order valence-electron chi connectivity index (χ4n) is 5.33. The van der Waals surface area contributed by atoms with Crippen molar-refractivity contribution in [3.8, 4) is 11.1 Å². The zero-order chi connectivity index (χ0) is 29.9. The minimum Gasteiger partial charge on any atom is -0.465 e. The number of rotatable bonds is 17. The number of allylic oxidation sites excluding steroid dienone is 4. The number of esters is 1. The van der Waals surface area contributed by atoms with Gasteiger partial charge in [-0.25, -0.2) is 4.79 Å². The first-order valence-electron chi connectivity index (χ1n) is 13.7. The molecular formula is C32H40N2O5P2. The van der Waals surface area contributed by atoms with Gasteiger partial charge in [-0.15, -0.1) is 26.3 Å². The highest BCUT2D eigenvalue weighted by molar-refractivity contribution is 7.82. The van der Waals surface area contributed by atoms with Crippen molar-refractivity contribution in [2.24, 2.45) is 0 Å². The van der Waals surface area contributed by atoms with Crippen molar-refractivity contribution in [2.75, 3.05) is 37.8 Å². The number of fused-ring (bicyclic) bond motifs is 3. The summed E-state index contributed by atoms with van der Waals surface area (Å²) in [6.45, 7) is 15.2. The third-order valence-electron chi connectivity index (χ3n) is 7.12. The topological polar surface area (TPSA) is 102 Å². The van der Waals surface area contributed by atoms with E-state index in [0.717, 1.165) is 22.3 Å². The summed E-state index contributed by atoms with van der Waals surface area (Å²) in [5, 5.41) is 5.42. The fourth-order valence-corrected chi connectivity index (χ4v) is 13.1. The van der Waals surface area contributed by atoms with Gasteiger partial charge in [0.2, 0.25) is 0 Å². The predicted molar refractivity (Wildman–Crippen MR) is 170 cm³/mol. The maximum Gasteiger partial charge on any atom is 0.315 e. The van der Waals surface area contributed by atoms with Crippen LogP contribution in [0, 0.1) is 0 Å². The molecule has 1 aliphatic carbocycles. The SMILES string of the molecule is C=CCP(=O)(CC=C)C(NC(=O)NCCCC(=O)OCC1c2ccccc2-c2ccccc21)P(=O)(CC=C)CC=C. The molecule has 0 atom stereocenters. The third kappa shape index (κ3) is 7.87. The van der Waals surface area contributed by atoms with Gasteiger partial charge >= 0.3 is 12.0 Å². The van der Waals surface area contributed by atoms with Crippen LogP contribution in [-0.4, -0.2) is 55.3 Å². The Morgan fingerprint density at radius 3 is 1.73 bits per heavy atom. The first kappa shape index (κ1) is 32.1. The van der Waals surface area contributed by atoms with E-state index in [0.29, 0.717) is 6.42 Å². The number of hydrogen-bond acceptors (Lipinski definition) is 5. The molecule has 3 rings (SSSR count). The number of amides is 2. The summed E-state index contributed by atoms with van der Waals surface area (Å²) in [5.74, 6) is -0.370. The Bertz CT molecular complexity index is 1270. The first-order valence-corrected chi connectivity index (χ1v) is 18.0. The second-order valence-electron chi connectivity index (χ2n) is 10.1. The molecule has 0 radical (unpaired) electrons. The Kier molecular flexibility index (Phi) is 11.8. The van der Waals surface area contributed by atoms with Gasteiger partial charge in [0.15, 0.2) is 0 Å². The van der Waals surface area contributed by atoms with Gasteiger partial charge < -0.3 is 24.5 Å². The minimum absolute atomic E-state index is 0.0177. The molecule has 0 heterocycles. The van der Waals surface area contributed by atoms with Gasteiger partial charge in [0, 0.05) is 43.5 Å². The van der Waals surface area contributed by atoms with Gasteiger partial charge in [0.05, 0.1) is 0 Å². The molecule has 2 N–H and O–H groups in total. The summed E-state index contributed by atoms with van der Waals surface area (Å²) in [7, 11) is -6.45. The average Bonchev–Trinajstić information content (AvgIpc) is 3.27. The molecule has 0 unspecified atom stereocenters. The van der Waals surface area contributed by atoms with Crippen LogP contribution in [0.5, 0.6) is 0 Å². The molecule has 9 heteroatoms. The van der Waals surface area contributed by atoms with Crippen molar-refractivity contribution < 1.29 is 23.5 Å². The molecule has 2 aromatic carbocycles. The molecular weight excluding hydrogens is 554 g/mol. The maximum atomic E-state index is 13.9. The molecule has 1 aliphatic rings. The largest absolute Gasteiger partial charge is 0.465 e. The van der Waals surface area contributed by atoms with Crippen molar-refractivity contribution >= 4 is 26.3 Å². The zero-order valence-electron chi connectivity index (χ0n) is 23.5. The Balaban J connectivity index is 1.55. The lowest BCUT2D eigenvalue weighted by atomic mass is 9.98. The minimum atomic E-state index is -3.23. The number of nitrogens with one attached hydrogen (secondary N) is 2. The summed E-state index contributed by atoms with van der Waals surface area (Å²) < 4.78 is 33.5. The normalized spacial score (nSPS) is 12.6. The quantitative estimate of drug-likeness (QED) is 0.0875. The number of urea groups is 1. The smallest absolute Gasteiger partial charge is 0.315 e. The third-order valence-corrected chi connectivity index (χ3v) is 15.2.